The number of ether oxygens (including phenoxy) is 1. The highest BCUT2D eigenvalue weighted by atomic mass is 19.1. The first-order valence-electron chi connectivity index (χ1n) is 6.64. The highest BCUT2D eigenvalue weighted by molar-refractivity contribution is 5.77. The molecule has 1 atom stereocenters. The Morgan fingerprint density at radius 3 is 2.41 bits per heavy atom. The van der Waals surface area contributed by atoms with E-state index in [1.54, 1.807) is 12.1 Å². The molecular weight excluding hydrogens is 292 g/mol. The average molecular weight is 307 g/mol. The van der Waals surface area contributed by atoms with E-state index in [9.17, 15) is 18.7 Å². The highest BCUT2D eigenvalue weighted by Crippen LogP contribution is 2.16. The molecule has 116 valence electrons. The minimum atomic E-state index is -1.17. The predicted molar refractivity (Wildman–Crippen MR) is 76.3 cm³/mol. The van der Waals surface area contributed by atoms with Gasteiger partial charge in [0, 0.05) is 12.1 Å². The van der Waals surface area contributed by atoms with Crippen LogP contribution in [0.15, 0.2) is 48.5 Å². The molecule has 6 heteroatoms. The Labute approximate surface area is 126 Å². The van der Waals surface area contributed by atoms with Crippen LogP contribution in [0.3, 0.4) is 0 Å². The van der Waals surface area contributed by atoms with Crippen LogP contribution in [0.2, 0.25) is 0 Å². The quantitative estimate of drug-likeness (QED) is 0.860. The summed E-state index contributed by atoms with van der Waals surface area (Å²) in [5.74, 6) is -1.69. The molecule has 4 nitrogen and oxygen atoms in total. The van der Waals surface area contributed by atoms with Crippen LogP contribution in [0.1, 0.15) is 11.7 Å². The Hall–Kier alpha value is -2.47. The van der Waals surface area contributed by atoms with Crippen molar-refractivity contribution in [2.75, 3.05) is 13.2 Å². The van der Waals surface area contributed by atoms with E-state index in [1.165, 1.54) is 36.4 Å². The summed E-state index contributed by atoms with van der Waals surface area (Å²) in [5.41, 5.74) is 0.0952. The number of nitrogens with one attached hydrogen (secondary N) is 1. The summed E-state index contributed by atoms with van der Waals surface area (Å²) in [6.07, 6.45) is -1.17. The maximum atomic E-state index is 13.4. The molecule has 0 saturated carbocycles. The standard InChI is InChI=1S/C16H15F2NO3/c17-12-6-2-1-5-11(12)14(20)9-19-16(21)10-22-15-8-4-3-7-13(15)18/h1-8,14,20H,9-10H2,(H,19,21). The van der Waals surface area contributed by atoms with E-state index in [0.29, 0.717) is 0 Å². The van der Waals surface area contributed by atoms with Gasteiger partial charge in [0.1, 0.15) is 5.82 Å². The van der Waals surface area contributed by atoms with E-state index in [4.69, 9.17) is 4.74 Å². The molecule has 1 amide bonds. The van der Waals surface area contributed by atoms with E-state index in [0.717, 1.165) is 0 Å². The molecule has 2 aromatic rings. The second-order valence-electron chi connectivity index (χ2n) is 4.56. The third-order valence-corrected chi connectivity index (χ3v) is 2.95. The van der Waals surface area contributed by atoms with Crippen LogP contribution < -0.4 is 10.1 Å². The summed E-state index contributed by atoms with van der Waals surface area (Å²) in [7, 11) is 0. The third kappa shape index (κ3) is 4.26. The van der Waals surface area contributed by atoms with E-state index in [2.05, 4.69) is 5.32 Å². The molecule has 2 N–H and O–H groups in total. The van der Waals surface area contributed by atoms with Gasteiger partial charge in [0.25, 0.3) is 5.91 Å². The van der Waals surface area contributed by atoms with Gasteiger partial charge >= 0.3 is 0 Å². The van der Waals surface area contributed by atoms with Crippen LogP contribution in [-0.4, -0.2) is 24.2 Å². The SMILES string of the molecule is O=C(COc1ccccc1F)NCC(O)c1ccccc1F. The third-order valence-electron chi connectivity index (χ3n) is 2.95. The van der Waals surface area contributed by atoms with Crippen molar-refractivity contribution in [1.29, 1.82) is 0 Å². The highest BCUT2D eigenvalue weighted by Gasteiger charge is 2.13. The second kappa shape index (κ2) is 7.51. The van der Waals surface area contributed by atoms with Crippen molar-refractivity contribution in [2.24, 2.45) is 0 Å². The lowest BCUT2D eigenvalue weighted by molar-refractivity contribution is -0.123. The lowest BCUT2D eigenvalue weighted by Gasteiger charge is -2.13. The maximum Gasteiger partial charge on any atom is 0.258 e. The number of hydrogen-bond donors (Lipinski definition) is 2. The van der Waals surface area contributed by atoms with Crippen molar-refractivity contribution >= 4 is 5.91 Å². The number of halogens is 2. The number of aliphatic hydroxyl groups excluding tert-OH is 1. The Kier molecular flexibility index (Phi) is 5.43. The average Bonchev–Trinajstić information content (AvgIpc) is 2.52. The van der Waals surface area contributed by atoms with Crippen molar-refractivity contribution < 1.29 is 23.4 Å². The summed E-state index contributed by atoms with van der Waals surface area (Å²) >= 11 is 0. The van der Waals surface area contributed by atoms with Crippen LogP contribution in [0, 0.1) is 11.6 Å². The number of rotatable bonds is 6. The lowest BCUT2D eigenvalue weighted by atomic mass is 10.1. The lowest BCUT2D eigenvalue weighted by Crippen LogP contribution is -2.32. The topological polar surface area (TPSA) is 58.6 Å². The zero-order valence-electron chi connectivity index (χ0n) is 11.6. The van der Waals surface area contributed by atoms with E-state index >= 15 is 0 Å². The smallest absolute Gasteiger partial charge is 0.258 e. The predicted octanol–water partition coefficient (Wildman–Crippen LogP) is 2.19. The molecule has 0 saturated heterocycles. The fourth-order valence-electron chi connectivity index (χ4n) is 1.82. The number of hydrogen-bond acceptors (Lipinski definition) is 3. The fourth-order valence-corrected chi connectivity index (χ4v) is 1.82. The maximum absolute atomic E-state index is 13.4. The number of para-hydroxylation sites is 1. The zero-order chi connectivity index (χ0) is 15.9. The molecule has 0 spiro atoms. The Morgan fingerprint density at radius 1 is 1.09 bits per heavy atom. The Balaban J connectivity index is 1.81. The molecular formula is C16H15F2NO3. The minimum Gasteiger partial charge on any atom is -0.481 e. The van der Waals surface area contributed by atoms with Gasteiger partial charge in [-0.1, -0.05) is 30.3 Å². The first-order valence-corrected chi connectivity index (χ1v) is 6.64. The normalized spacial score (nSPS) is 11.8. The summed E-state index contributed by atoms with van der Waals surface area (Å²) in [6, 6.07) is 11.5. The van der Waals surface area contributed by atoms with Crippen molar-refractivity contribution in [1.82, 2.24) is 5.32 Å². The molecule has 1 unspecified atom stereocenters. The van der Waals surface area contributed by atoms with Gasteiger partial charge in [0.2, 0.25) is 0 Å². The van der Waals surface area contributed by atoms with Crippen LogP contribution in [0.4, 0.5) is 8.78 Å². The van der Waals surface area contributed by atoms with Gasteiger partial charge in [-0.3, -0.25) is 4.79 Å². The van der Waals surface area contributed by atoms with Gasteiger partial charge in [-0.05, 0) is 18.2 Å². The van der Waals surface area contributed by atoms with Gasteiger partial charge in [0.15, 0.2) is 18.2 Å². The fraction of sp³-hybridized carbons (Fsp3) is 0.188. The summed E-state index contributed by atoms with van der Waals surface area (Å²) in [4.78, 5) is 11.6. The molecule has 0 aromatic heterocycles. The molecule has 0 aliphatic heterocycles. The number of carbonyl (C=O) groups excluding carboxylic acids is 1. The van der Waals surface area contributed by atoms with Crippen molar-refractivity contribution in [3.05, 3.63) is 65.7 Å². The summed E-state index contributed by atoms with van der Waals surface area (Å²) < 4.78 is 31.7. The first-order chi connectivity index (χ1) is 10.6. The van der Waals surface area contributed by atoms with Gasteiger partial charge in [-0.15, -0.1) is 0 Å². The van der Waals surface area contributed by atoms with Crippen LogP contribution in [-0.2, 0) is 4.79 Å². The minimum absolute atomic E-state index is 0.0349. The van der Waals surface area contributed by atoms with Gasteiger partial charge in [-0.2, -0.15) is 0 Å². The molecule has 2 rings (SSSR count). The van der Waals surface area contributed by atoms with Crippen molar-refractivity contribution in [3.8, 4) is 5.75 Å². The van der Waals surface area contributed by atoms with Crippen LogP contribution >= 0.6 is 0 Å². The van der Waals surface area contributed by atoms with E-state index < -0.39 is 30.3 Å². The molecule has 0 heterocycles. The monoisotopic (exact) mass is 307 g/mol. The van der Waals surface area contributed by atoms with Crippen molar-refractivity contribution in [2.45, 2.75) is 6.10 Å². The number of benzene rings is 2. The van der Waals surface area contributed by atoms with Gasteiger partial charge in [-0.25, -0.2) is 8.78 Å². The van der Waals surface area contributed by atoms with Crippen molar-refractivity contribution in [3.63, 3.8) is 0 Å². The second-order valence-corrected chi connectivity index (χ2v) is 4.56. The molecule has 0 radical (unpaired) electrons. The van der Waals surface area contributed by atoms with Crippen LogP contribution in [0.5, 0.6) is 5.75 Å². The van der Waals surface area contributed by atoms with Gasteiger partial charge < -0.3 is 15.2 Å². The van der Waals surface area contributed by atoms with Crippen LogP contribution in [0.25, 0.3) is 0 Å². The summed E-state index contributed by atoms with van der Waals surface area (Å²) in [6.45, 7) is -0.564. The first kappa shape index (κ1) is 15.9. The molecule has 0 fully saturated rings. The Morgan fingerprint density at radius 2 is 1.73 bits per heavy atom. The summed E-state index contributed by atoms with van der Waals surface area (Å²) in [5, 5.41) is 12.2. The number of carbonyl (C=O) groups is 1. The molecule has 22 heavy (non-hydrogen) atoms. The zero-order valence-corrected chi connectivity index (χ0v) is 11.6. The Bertz CT molecular complexity index is 649. The molecule has 0 aliphatic rings. The molecule has 0 aliphatic carbocycles. The number of amides is 1. The van der Waals surface area contributed by atoms with Gasteiger partial charge in [0.05, 0.1) is 6.10 Å². The molecule has 2 aromatic carbocycles. The molecule has 0 bridgehead atoms. The van der Waals surface area contributed by atoms with E-state index in [1.807, 2.05) is 0 Å². The largest absolute Gasteiger partial charge is 0.481 e. The van der Waals surface area contributed by atoms with E-state index in [-0.39, 0.29) is 17.9 Å². The number of aliphatic hydroxyl groups is 1.